The van der Waals surface area contributed by atoms with Crippen molar-refractivity contribution in [2.45, 2.75) is 26.3 Å². The second kappa shape index (κ2) is 6.43. The van der Waals surface area contributed by atoms with Crippen LogP contribution in [0.1, 0.15) is 41.3 Å². The largest absolute Gasteiger partial charge is 0.378 e. The molecule has 1 aromatic heterocycles. The van der Waals surface area contributed by atoms with Crippen molar-refractivity contribution in [3.63, 3.8) is 0 Å². The molecule has 1 aromatic carbocycles. The van der Waals surface area contributed by atoms with Crippen LogP contribution in [0.4, 0.5) is 5.69 Å². The molecule has 112 valence electrons. The molecule has 2 rings (SSSR count). The summed E-state index contributed by atoms with van der Waals surface area (Å²) >= 11 is 0. The van der Waals surface area contributed by atoms with Crippen LogP contribution >= 0.6 is 0 Å². The van der Waals surface area contributed by atoms with Crippen LogP contribution in [0.15, 0.2) is 30.5 Å². The molecule has 0 saturated carbocycles. The minimum absolute atomic E-state index is 0.0822. The molecule has 5 heteroatoms. The number of aryl methyl sites for hydroxylation is 1. The number of benzene rings is 1. The highest BCUT2D eigenvalue weighted by Crippen LogP contribution is 2.16. The predicted molar refractivity (Wildman–Crippen MR) is 84.6 cm³/mol. The number of H-pyrrole nitrogens is 1. The number of aromatic nitrogens is 2. The van der Waals surface area contributed by atoms with E-state index in [4.69, 9.17) is 0 Å². The van der Waals surface area contributed by atoms with Gasteiger partial charge < -0.3 is 15.2 Å². The van der Waals surface area contributed by atoms with E-state index in [-0.39, 0.29) is 11.9 Å². The third kappa shape index (κ3) is 3.62. The molecule has 2 N–H and O–H groups in total. The Hall–Kier alpha value is -2.30. The molecule has 0 radical (unpaired) electrons. The van der Waals surface area contributed by atoms with E-state index < -0.39 is 0 Å². The van der Waals surface area contributed by atoms with Crippen LogP contribution in [0.5, 0.6) is 0 Å². The van der Waals surface area contributed by atoms with Crippen molar-refractivity contribution < 1.29 is 4.79 Å². The minimum Gasteiger partial charge on any atom is -0.378 e. The number of nitrogens with one attached hydrogen (secondary N) is 2. The van der Waals surface area contributed by atoms with Gasteiger partial charge in [-0.05, 0) is 37.6 Å². The molecule has 0 aliphatic rings. The maximum Gasteiger partial charge on any atom is 0.251 e. The Bertz CT molecular complexity index is 601. The number of amides is 1. The summed E-state index contributed by atoms with van der Waals surface area (Å²) in [5.41, 5.74) is 2.72. The molecule has 0 spiro atoms. The van der Waals surface area contributed by atoms with Crippen LogP contribution in [0.2, 0.25) is 0 Å². The van der Waals surface area contributed by atoms with E-state index in [1.807, 2.05) is 57.1 Å². The maximum atomic E-state index is 12.3. The number of rotatable bonds is 5. The number of aromatic amines is 1. The van der Waals surface area contributed by atoms with Gasteiger partial charge in [-0.2, -0.15) is 0 Å². The molecule has 0 aliphatic carbocycles. The molecule has 5 nitrogen and oxygen atoms in total. The fourth-order valence-corrected chi connectivity index (χ4v) is 2.13. The van der Waals surface area contributed by atoms with Crippen molar-refractivity contribution in [2.24, 2.45) is 0 Å². The molecule has 0 saturated heterocycles. The number of carbonyl (C=O) groups is 1. The summed E-state index contributed by atoms with van der Waals surface area (Å²) in [6.07, 6.45) is 2.56. The van der Waals surface area contributed by atoms with E-state index in [2.05, 4.69) is 15.3 Å². The zero-order valence-corrected chi connectivity index (χ0v) is 13.0. The van der Waals surface area contributed by atoms with Crippen LogP contribution in [0, 0.1) is 6.92 Å². The van der Waals surface area contributed by atoms with Crippen molar-refractivity contribution in [3.05, 3.63) is 47.5 Å². The van der Waals surface area contributed by atoms with Gasteiger partial charge in [-0.1, -0.05) is 6.92 Å². The zero-order valence-electron chi connectivity index (χ0n) is 13.0. The fraction of sp³-hybridized carbons (Fsp3) is 0.375. The van der Waals surface area contributed by atoms with Crippen molar-refractivity contribution >= 4 is 11.6 Å². The average molecular weight is 286 g/mol. The number of anilines is 1. The number of hydrogen-bond acceptors (Lipinski definition) is 3. The lowest BCUT2D eigenvalue weighted by Gasteiger charge is -2.16. The predicted octanol–water partition coefficient (Wildman–Crippen LogP) is 2.67. The lowest BCUT2D eigenvalue weighted by Crippen LogP contribution is -2.29. The summed E-state index contributed by atoms with van der Waals surface area (Å²) in [7, 11) is 3.95. The highest BCUT2D eigenvalue weighted by atomic mass is 16.1. The van der Waals surface area contributed by atoms with Crippen LogP contribution < -0.4 is 10.2 Å². The molecular weight excluding hydrogens is 264 g/mol. The summed E-state index contributed by atoms with van der Waals surface area (Å²) in [5.74, 6) is 0.717. The highest BCUT2D eigenvalue weighted by molar-refractivity contribution is 5.94. The Morgan fingerprint density at radius 3 is 2.48 bits per heavy atom. The molecule has 0 aliphatic heterocycles. The van der Waals surface area contributed by atoms with Gasteiger partial charge in [0.05, 0.1) is 6.04 Å². The third-order valence-electron chi connectivity index (χ3n) is 3.41. The molecular formula is C16H22N4O. The third-order valence-corrected chi connectivity index (χ3v) is 3.41. The Morgan fingerprint density at radius 2 is 2.00 bits per heavy atom. The van der Waals surface area contributed by atoms with E-state index in [1.54, 1.807) is 6.20 Å². The Balaban J connectivity index is 2.09. The van der Waals surface area contributed by atoms with Crippen LogP contribution in [-0.2, 0) is 0 Å². The van der Waals surface area contributed by atoms with E-state index in [0.717, 1.165) is 23.6 Å². The minimum atomic E-state index is -0.0975. The van der Waals surface area contributed by atoms with Gasteiger partial charge in [0.2, 0.25) is 0 Å². The lowest BCUT2D eigenvalue weighted by atomic mass is 10.1. The first kappa shape index (κ1) is 15.1. The summed E-state index contributed by atoms with van der Waals surface area (Å²) in [4.78, 5) is 21.8. The SMILES string of the molecule is CCC(NC(=O)c1ccc(N(C)C)cc1)c1ncc(C)[nH]1. The Kier molecular flexibility index (Phi) is 4.62. The van der Waals surface area contributed by atoms with Crippen molar-refractivity contribution in [1.29, 1.82) is 0 Å². The standard InChI is InChI=1S/C16H22N4O/c1-5-14(15-17-10-11(2)18-15)19-16(21)12-6-8-13(9-7-12)20(3)4/h6-10,14H,5H2,1-4H3,(H,17,18)(H,19,21). The normalized spacial score (nSPS) is 12.0. The molecule has 1 heterocycles. The van der Waals surface area contributed by atoms with Gasteiger partial charge in [0.15, 0.2) is 0 Å². The average Bonchev–Trinajstić information content (AvgIpc) is 2.91. The van der Waals surface area contributed by atoms with Gasteiger partial charge >= 0.3 is 0 Å². The first-order chi connectivity index (χ1) is 10.0. The zero-order chi connectivity index (χ0) is 15.4. The Labute approximate surface area is 125 Å². The second-order valence-corrected chi connectivity index (χ2v) is 5.33. The van der Waals surface area contributed by atoms with Gasteiger partial charge in [-0.25, -0.2) is 4.98 Å². The van der Waals surface area contributed by atoms with Gasteiger partial charge in [0, 0.05) is 37.2 Å². The molecule has 1 amide bonds. The summed E-state index contributed by atoms with van der Waals surface area (Å²) in [6.45, 7) is 3.98. The van der Waals surface area contributed by atoms with E-state index >= 15 is 0 Å². The number of nitrogens with zero attached hydrogens (tertiary/aromatic N) is 2. The number of imidazole rings is 1. The van der Waals surface area contributed by atoms with Gasteiger partial charge in [0.25, 0.3) is 5.91 Å². The molecule has 1 atom stereocenters. The fourth-order valence-electron chi connectivity index (χ4n) is 2.13. The summed E-state index contributed by atoms with van der Waals surface area (Å²) in [5, 5.41) is 3.01. The van der Waals surface area contributed by atoms with Crippen molar-refractivity contribution in [1.82, 2.24) is 15.3 Å². The van der Waals surface area contributed by atoms with Crippen LogP contribution in [0.3, 0.4) is 0 Å². The molecule has 1 unspecified atom stereocenters. The van der Waals surface area contributed by atoms with Crippen LogP contribution in [0.25, 0.3) is 0 Å². The van der Waals surface area contributed by atoms with E-state index in [0.29, 0.717) is 5.56 Å². The number of carbonyl (C=O) groups excluding carboxylic acids is 1. The first-order valence-electron chi connectivity index (χ1n) is 7.11. The van der Waals surface area contributed by atoms with Crippen LogP contribution in [-0.4, -0.2) is 30.0 Å². The quantitative estimate of drug-likeness (QED) is 0.888. The summed E-state index contributed by atoms with van der Waals surface area (Å²) < 4.78 is 0. The van der Waals surface area contributed by atoms with Crippen molar-refractivity contribution in [2.75, 3.05) is 19.0 Å². The Morgan fingerprint density at radius 1 is 1.33 bits per heavy atom. The van der Waals surface area contributed by atoms with Gasteiger partial charge in [-0.3, -0.25) is 4.79 Å². The van der Waals surface area contributed by atoms with Crippen molar-refractivity contribution in [3.8, 4) is 0 Å². The summed E-state index contributed by atoms with van der Waals surface area (Å²) in [6, 6.07) is 7.45. The van der Waals surface area contributed by atoms with E-state index in [9.17, 15) is 4.79 Å². The maximum absolute atomic E-state index is 12.3. The smallest absolute Gasteiger partial charge is 0.251 e. The molecule has 0 bridgehead atoms. The van der Waals surface area contributed by atoms with Gasteiger partial charge in [0.1, 0.15) is 5.82 Å². The first-order valence-corrected chi connectivity index (χ1v) is 7.11. The van der Waals surface area contributed by atoms with Gasteiger partial charge in [-0.15, -0.1) is 0 Å². The monoisotopic (exact) mass is 286 g/mol. The topological polar surface area (TPSA) is 61.0 Å². The number of hydrogen-bond donors (Lipinski definition) is 2. The highest BCUT2D eigenvalue weighted by Gasteiger charge is 2.16. The second-order valence-electron chi connectivity index (χ2n) is 5.33. The van der Waals surface area contributed by atoms with E-state index in [1.165, 1.54) is 0 Å². The molecule has 2 aromatic rings. The molecule has 0 fully saturated rings. The lowest BCUT2D eigenvalue weighted by molar-refractivity contribution is 0.0934. The molecule has 21 heavy (non-hydrogen) atoms.